The SMILES string of the molecule is COc1ccc(C=C2C=C(c3ccc(C)c(C)c3)OC2=O)cc1[N+](=O)[O-]. The normalized spacial score (nSPS) is 15.0. The van der Waals surface area contributed by atoms with Gasteiger partial charge in [0.25, 0.3) is 0 Å². The monoisotopic (exact) mass is 351 g/mol. The van der Waals surface area contributed by atoms with Crippen molar-refractivity contribution in [3.05, 3.63) is 80.4 Å². The lowest BCUT2D eigenvalue weighted by Gasteiger charge is -2.05. The van der Waals surface area contributed by atoms with Gasteiger partial charge in [0, 0.05) is 11.6 Å². The van der Waals surface area contributed by atoms with Gasteiger partial charge in [0.2, 0.25) is 0 Å². The zero-order valence-corrected chi connectivity index (χ0v) is 14.6. The highest BCUT2D eigenvalue weighted by atomic mass is 16.6. The van der Waals surface area contributed by atoms with Crippen LogP contribution in [0.25, 0.3) is 11.8 Å². The molecule has 6 nitrogen and oxygen atoms in total. The molecule has 26 heavy (non-hydrogen) atoms. The van der Waals surface area contributed by atoms with Crippen molar-refractivity contribution in [2.24, 2.45) is 0 Å². The van der Waals surface area contributed by atoms with Gasteiger partial charge < -0.3 is 9.47 Å². The highest BCUT2D eigenvalue weighted by Crippen LogP contribution is 2.31. The number of hydrogen-bond donors (Lipinski definition) is 0. The van der Waals surface area contributed by atoms with Crippen LogP contribution in [-0.2, 0) is 9.53 Å². The summed E-state index contributed by atoms with van der Waals surface area (Å²) >= 11 is 0. The molecule has 0 amide bonds. The summed E-state index contributed by atoms with van der Waals surface area (Å²) in [5.41, 5.74) is 3.75. The first kappa shape index (κ1) is 17.4. The van der Waals surface area contributed by atoms with Gasteiger partial charge in [0.1, 0.15) is 5.76 Å². The minimum atomic E-state index is -0.524. The molecule has 0 radical (unpaired) electrons. The van der Waals surface area contributed by atoms with Crippen molar-refractivity contribution in [3.63, 3.8) is 0 Å². The van der Waals surface area contributed by atoms with Crippen molar-refractivity contribution in [2.75, 3.05) is 7.11 Å². The second kappa shape index (κ2) is 6.84. The van der Waals surface area contributed by atoms with E-state index in [-0.39, 0.29) is 11.4 Å². The molecular weight excluding hydrogens is 334 g/mol. The molecule has 1 aliphatic heterocycles. The Hall–Kier alpha value is -3.41. The third kappa shape index (κ3) is 3.35. The van der Waals surface area contributed by atoms with Crippen molar-refractivity contribution in [1.29, 1.82) is 0 Å². The molecule has 3 rings (SSSR count). The van der Waals surface area contributed by atoms with Crippen LogP contribution in [0.3, 0.4) is 0 Å². The zero-order valence-electron chi connectivity index (χ0n) is 14.6. The van der Waals surface area contributed by atoms with Gasteiger partial charge in [0.15, 0.2) is 5.75 Å². The smallest absolute Gasteiger partial charge is 0.343 e. The number of benzene rings is 2. The largest absolute Gasteiger partial charge is 0.490 e. The third-order valence-electron chi connectivity index (χ3n) is 4.24. The first-order valence-corrected chi connectivity index (χ1v) is 7.94. The number of ether oxygens (including phenoxy) is 2. The second-order valence-corrected chi connectivity index (χ2v) is 5.99. The van der Waals surface area contributed by atoms with Gasteiger partial charge in [-0.1, -0.05) is 18.2 Å². The molecule has 1 heterocycles. The van der Waals surface area contributed by atoms with Gasteiger partial charge in [-0.05, 0) is 54.8 Å². The summed E-state index contributed by atoms with van der Waals surface area (Å²) in [5.74, 6) is 0.140. The zero-order chi connectivity index (χ0) is 18.8. The number of esters is 1. The molecule has 0 atom stereocenters. The number of cyclic esters (lactones) is 1. The van der Waals surface area contributed by atoms with Gasteiger partial charge in [0.05, 0.1) is 17.6 Å². The van der Waals surface area contributed by atoms with Crippen molar-refractivity contribution < 1.29 is 19.2 Å². The summed E-state index contributed by atoms with van der Waals surface area (Å²) in [5, 5.41) is 11.1. The van der Waals surface area contributed by atoms with Crippen LogP contribution < -0.4 is 4.74 Å². The second-order valence-electron chi connectivity index (χ2n) is 5.99. The van der Waals surface area contributed by atoms with E-state index < -0.39 is 10.9 Å². The molecule has 0 aliphatic carbocycles. The quantitative estimate of drug-likeness (QED) is 0.357. The molecule has 0 bridgehead atoms. The molecule has 0 N–H and O–H groups in total. The topological polar surface area (TPSA) is 78.7 Å². The van der Waals surface area contributed by atoms with Gasteiger partial charge in [-0.3, -0.25) is 10.1 Å². The maximum absolute atomic E-state index is 12.2. The number of methoxy groups -OCH3 is 1. The number of nitro benzene ring substituents is 1. The van der Waals surface area contributed by atoms with Crippen LogP contribution in [0, 0.1) is 24.0 Å². The van der Waals surface area contributed by atoms with Crippen LogP contribution in [0.4, 0.5) is 5.69 Å². The van der Waals surface area contributed by atoms with Crippen molar-refractivity contribution >= 4 is 23.5 Å². The maximum atomic E-state index is 12.2. The van der Waals surface area contributed by atoms with Gasteiger partial charge in [-0.2, -0.15) is 0 Å². The van der Waals surface area contributed by atoms with E-state index >= 15 is 0 Å². The van der Waals surface area contributed by atoms with Crippen LogP contribution in [0.15, 0.2) is 48.0 Å². The van der Waals surface area contributed by atoms with Gasteiger partial charge in [-0.15, -0.1) is 0 Å². The van der Waals surface area contributed by atoms with Crippen LogP contribution in [-0.4, -0.2) is 18.0 Å². The van der Waals surface area contributed by atoms with Crippen molar-refractivity contribution in [1.82, 2.24) is 0 Å². The summed E-state index contributed by atoms with van der Waals surface area (Å²) in [6.07, 6.45) is 3.20. The molecule has 0 saturated heterocycles. The number of rotatable bonds is 4. The van der Waals surface area contributed by atoms with E-state index in [2.05, 4.69) is 0 Å². The predicted molar refractivity (Wildman–Crippen MR) is 97.6 cm³/mol. The fourth-order valence-corrected chi connectivity index (χ4v) is 2.64. The van der Waals surface area contributed by atoms with Crippen LogP contribution >= 0.6 is 0 Å². The summed E-state index contributed by atoms with van der Waals surface area (Å²) < 4.78 is 10.3. The van der Waals surface area contributed by atoms with E-state index in [0.29, 0.717) is 16.9 Å². The molecule has 0 spiro atoms. The van der Waals surface area contributed by atoms with Gasteiger partial charge >= 0.3 is 11.7 Å². The molecule has 1 aliphatic rings. The number of nitrogens with zero attached hydrogens (tertiary/aromatic N) is 1. The Morgan fingerprint density at radius 1 is 1.12 bits per heavy atom. The summed E-state index contributed by atoms with van der Waals surface area (Å²) in [4.78, 5) is 22.8. The Morgan fingerprint density at radius 3 is 2.54 bits per heavy atom. The Balaban J connectivity index is 1.97. The Bertz CT molecular complexity index is 972. The lowest BCUT2D eigenvalue weighted by Crippen LogP contribution is -1.98. The molecular formula is C20H17NO5. The lowest BCUT2D eigenvalue weighted by atomic mass is 10.0. The molecule has 2 aromatic rings. The van der Waals surface area contributed by atoms with Crippen molar-refractivity contribution in [3.8, 4) is 5.75 Å². The average molecular weight is 351 g/mol. The summed E-state index contributed by atoms with van der Waals surface area (Å²) in [7, 11) is 1.37. The Morgan fingerprint density at radius 2 is 1.88 bits per heavy atom. The van der Waals surface area contributed by atoms with Gasteiger partial charge in [-0.25, -0.2) is 4.79 Å². The van der Waals surface area contributed by atoms with E-state index in [1.54, 1.807) is 18.2 Å². The number of carbonyl (C=O) groups is 1. The third-order valence-corrected chi connectivity index (χ3v) is 4.24. The molecule has 0 aromatic heterocycles. The van der Waals surface area contributed by atoms with E-state index in [1.807, 2.05) is 32.0 Å². The fourth-order valence-electron chi connectivity index (χ4n) is 2.64. The molecule has 0 saturated carbocycles. The molecule has 0 unspecified atom stereocenters. The van der Waals surface area contributed by atoms with Crippen LogP contribution in [0.2, 0.25) is 0 Å². The summed E-state index contributed by atoms with van der Waals surface area (Å²) in [6, 6.07) is 10.3. The number of hydrogen-bond acceptors (Lipinski definition) is 5. The Kier molecular flexibility index (Phi) is 4.58. The first-order chi connectivity index (χ1) is 12.4. The minimum absolute atomic E-state index is 0.161. The molecule has 6 heteroatoms. The highest BCUT2D eigenvalue weighted by Gasteiger charge is 2.23. The lowest BCUT2D eigenvalue weighted by molar-refractivity contribution is -0.385. The van der Waals surface area contributed by atoms with E-state index in [4.69, 9.17) is 9.47 Å². The van der Waals surface area contributed by atoms with Crippen LogP contribution in [0.5, 0.6) is 5.75 Å². The summed E-state index contributed by atoms with van der Waals surface area (Å²) in [6.45, 7) is 4.00. The van der Waals surface area contributed by atoms with E-state index in [1.165, 1.54) is 19.2 Å². The minimum Gasteiger partial charge on any atom is -0.490 e. The first-order valence-electron chi connectivity index (χ1n) is 7.94. The fraction of sp³-hybridized carbons (Fsp3) is 0.150. The maximum Gasteiger partial charge on any atom is 0.343 e. The number of aryl methyl sites for hydroxylation is 2. The molecule has 0 fully saturated rings. The number of nitro groups is 1. The number of carbonyl (C=O) groups excluding carboxylic acids is 1. The molecule has 132 valence electrons. The van der Waals surface area contributed by atoms with E-state index in [9.17, 15) is 14.9 Å². The average Bonchev–Trinajstić information content (AvgIpc) is 2.98. The molecule has 2 aromatic carbocycles. The highest BCUT2D eigenvalue weighted by molar-refractivity contribution is 6.05. The van der Waals surface area contributed by atoms with Crippen molar-refractivity contribution in [2.45, 2.75) is 13.8 Å². The van der Waals surface area contributed by atoms with Crippen LogP contribution in [0.1, 0.15) is 22.3 Å². The van der Waals surface area contributed by atoms with E-state index in [0.717, 1.165) is 16.7 Å². The predicted octanol–water partition coefficient (Wildman–Crippen LogP) is 4.20. The standard InChI is InChI=1S/C20H17NO5/c1-12-4-6-15(8-13(12)2)19-11-16(20(22)26-19)9-14-5-7-18(25-3)17(10-14)21(23)24/h4-11H,1-3H3. The Labute approximate surface area is 150 Å².